The Kier molecular flexibility index (Phi) is 5.36. The molecule has 0 atom stereocenters. The molecule has 0 amide bonds. The zero-order chi connectivity index (χ0) is 12.1. The Morgan fingerprint density at radius 1 is 0.938 bits per heavy atom. The van der Waals surface area contributed by atoms with Crippen LogP contribution in [-0.4, -0.2) is 6.29 Å². The standard InChI is InChI=1S/C11H5Cl4O/c12-8(6-16)10(14)11(15)9(13)7-4-2-1-3-5-7/h1-5H. The molecule has 0 saturated carbocycles. The Labute approximate surface area is 113 Å². The van der Waals surface area contributed by atoms with Crippen molar-refractivity contribution in [3.05, 3.63) is 51.0 Å². The highest BCUT2D eigenvalue weighted by molar-refractivity contribution is 6.60. The minimum Gasteiger partial charge on any atom is -0.284 e. The van der Waals surface area contributed by atoms with E-state index >= 15 is 0 Å². The molecule has 1 radical (unpaired) electrons. The zero-order valence-electron chi connectivity index (χ0n) is 7.81. The molecule has 0 bridgehead atoms. The van der Waals surface area contributed by atoms with E-state index in [1.165, 1.54) is 6.29 Å². The fraction of sp³-hybridized carbons (Fsp3) is 0. The number of allylic oxidation sites excluding steroid dienone is 3. The number of carbonyl (C=O) groups excluding carboxylic acids is 1. The van der Waals surface area contributed by atoms with Gasteiger partial charge in [0.15, 0.2) is 0 Å². The summed E-state index contributed by atoms with van der Waals surface area (Å²) in [4.78, 5) is 10.3. The molecule has 0 aliphatic rings. The molecule has 16 heavy (non-hydrogen) atoms. The third-order valence-corrected chi connectivity index (χ3v) is 3.41. The molecule has 5 heteroatoms. The molecule has 0 unspecified atom stereocenters. The maximum atomic E-state index is 10.3. The maximum absolute atomic E-state index is 10.3. The Bertz CT molecular complexity index is 448. The first-order valence-corrected chi connectivity index (χ1v) is 5.63. The molecule has 0 heterocycles. The summed E-state index contributed by atoms with van der Waals surface area (Å²) < 4.78 is 0. The van der Waals surface area contributed by atoms with Crippen molar-refractivity contribution >= 4 is 57.7 Å². The van der Waals surface area contributed by atoms with E-state index in [0.29, 0.717) is 5.56 Å². The van der Waals surface area contributed by atoms with Gasteiger partial charge >= 0.3 is 0 Å². The van der Waals surface area contributed by atoms with Gasteiger partial charge in [-0.1, -0.05) is 76.7 Å². The quantitative estimate of drug-likeness (QED) is 0.587. The molecule has 1 nitrogen and oxygen atoms in total. The van der Waals surface area contributed by atoms with Gasteiger partial charge in [0.2, 0.25) is 6.29 Å². The maximum Gasteiger partial charge on any atom is 0.247 e. The lowest BCUT2D eigenvalue weighted by Crippen LogP contribution is -1.85. The van der Waals surface area contributed by atoms with Crippen molar-refractivity contribution in [3.63, 3.8) is 0 Å². The van der Waals surface area contributed by atoms with Crippen molar-refractivity contribution in [2.45, 2.75) is 0 Å². The number of benzene rings is 1. The van der Waals surface area contributed by atoms with Gasteiger partial charge in [0.05, 0.1) is 15.1 Å². The van der Waals surface area contributed by atoms with Crippen molar-refractivity contribution in [2.24, 2.45) is 0 Å². The highest BCUT2D eigenvalue weighted by Gasteiger charge is 2.12. The molecule has 0 N–H and O–H groups in total. The van der Waals surface area contributed by atoms with E-state index in [9.17, 15) is 4.79 Å². The highest BCUT2D eigenvalue weighted by Crippen LogP contribution is 2.33. The Morgan fingerprint density at radius 3 is 2.00 bits per heavy atom. The van der Waals surface area contributed by atoms with Gasteiger partial charge in [-0.15, -0.1) is 0 Å². The number of halogens is 4. The summed E-state index contributed by atoms with van der Waals surface area (Å²) in [5.41, 5.74) is 0.683. The molecule has 0 aliphatic carbocycles. The van der Waals surface area contributed by atoms with Crippen LogP contribution in [-0.2, 0) is 4.79 Å². The molecule has 0 saturated heterocycles. The van der Waals surface area contributed by atoms with Gasteiger partial charge in [-0.2, -0.15) is 0 Å². The van der Waals surface area contributed by atoms with Gasteiger partial charge in [0, 0.05) is 0 Å². The van der Waals surface area contributed by atoms with Crippen LogP contribution in [0.2, 0.25) is 0 Å². The summed E-state index contributed by atoms with van der Waals surface area (Å²) in [6.45, 7) is 0. The first-order chi connectivity index (χ1) is 7.57. The monoisotopic (exact) mass is 293 g/mol. The van der Waals surface area contributed by atoms with Crippen molar-refractivity contribution in [1.29, 1.82) is 0 Å². The SMILES string of the molecule is O=[C]C(Cl)=C(Cl)C(Cl)=C(Cl)c1ccccc1. The van der Waals surface area contributed by atoms with Gasteiger partial charge in [0.25, 0.3) is 0 Å². The Hall–Kier alpha value is -0.470. The van der Waals surface area contributed by atoms with Gasteiger partial charge in [-0.05, 0) is 5.56 Å². The molecule has 0 aromatic heterocycles. The largest absolute Gasteiger partial charge is 0.284 e. The Balaban J connectivity index is 3.21. The van der Waals surface area contributed by atoms with Crippen molar-refractivity contribution in [2.75, 3.05) is 0 Å². The summed E-state index contributed by atoms with van der Waals surface area (Å²) in [6.07, 6.45) is 1.44. The van der Waals surface area contributed by atoms with Crippen LogP contribution < -0.4 is 0 Å². The van der Waals surface area contributed by atoms with Crippen LogP contribution in [0.4, 0.5) is 0 Å². The summed E-state index contributed by atoms with van der Waals surface area (Å²) in [5.74, 6) is 0. The summed E-state index contributed by atoms with van der Waals surface area (Å²) >= 11 is 23.1. The van der Waals surface area contributed by atoms with Crippen LogP contribution in [0, 0.1) is 0 Å². The highest BCUT2D eigenvalue weighted by atomic mass is 35.5. The van der Waals surface area contributed by atoms with Crippen LogP contribution in [0.1, 0.15) is 5.56 Å². The first kappa shape index (κ1) is 13.6. The molecule has 1 aromatic carbocycles. The van der Waals surface area contributed by atoms with Crippen LogP contribution in [0.5, 0.6) is 0 Å². The van der Waals surface area contributed by atoms with E-state index in [2.05, 4.69) is 0 Å². The van der Waals surface area contributed by atoms with E-state index < -0.39 is 0 Å². The van der Waals surface area contributed by atoms with E-state index in [1.807, 2.05) is 6.07 Å². The number of hydrogen-bond donors (Lipinski definition) is 0. The van der Waals surface area contributed by atoms with Gasteiger partial charge in [-0.25, -0.2) is 0 Å². The average molecular weight is 295 g/mol. The average Bonchev–Trinajstić information content (AvgIpc) is 2.36. The van der Waals surface area contributed by atoms with Gasteiger partial charge in [-0.3, -0.25) is 4.79 Å². The number of rotatable bonds is 3. The summed E-state index contributed by atoms with van der Waals surface area (Å²) in [6, 6.07) is 8.95. The lowest BCUT2D eigenvalue weighted by atomic mass is 10.2. The zero-order valence-corrected chi connectivity index (χ0v) is 10.8. The van der Waals surface area contributed by atoms with E-state index in [-0.39, 0.29) is 20.1 Å². The van der Waals surface area contributed by atoms with Crippen LogP contribution in [0.3, 0.4) is 0 Å². The minimum atomic E-state index is -0.305. The normalized spacial score (nSPS) is 14.0. The topological polar surface area (TPSA) is 17.1 Å². The molecule has 1 aromatic rings. The van der Waals surface area contributed by atoms with Gasteiger partial charge in [0.1, 0.15) is 5.03 Å². The smallest absolute Gasteiger partial charge is 0.247 e. The van der Waals surface area contributed by atoms with Crippen LogP contribution in [0.15, 0.2) is 45.4 Å². The second-order valence-electron chi connectivity index (χ2n) is 2.72. The third-order valence-electron chi connectivity index (χ3n) is 1.69. The molecular weight excluding hydrogens is 290 g/mol. The fourth-order valence-corrected chi connectivity index (χ4v) is 1.70. The molecule has 83 valence electrons. The first-order valence-electron chi connectivity index (χ1n) is 4.12. The third kappa shape index (κ3) is 3.26. The Morgan fingerprint density at radius 2 is 1.50 bits per heavy atom. The predicted octanol–water partition coefficient (Wildman–Crippen LogP) is 4.63. The summed E-state index contributed by atoms with van der Waals surface area (Å²) in [7, 11) is 0. The lowest BCUT2D eigenvalue weighted by Gasteiger charge is -2.03. The molecule has 1 rings (SSSR count). The minimum absolute atomic E-state index is 0.0166. The second-order valence-corrected chi connectivity index (χ2v) is 4.24. The van der Waals surface area contributed by atoms with Crippen molar-refractivity contribution in [1.82, 2.24) is 0 Å². The fourth-order valence-electron chi connectivity index (χ4n) is 0.949. The molecule has 0 aliphatic heterocycles. The van der Waals surface area contributed by atoms with E-state index in [4.69, 9.17) is 46.4 Å². The molecule has 0 fully saturated rings. The number of hydrogen-bond acceptors (Lipinski definition) is 1. The van der Waals surface area contributed by atoms with Crippen molar-refractivity contribution < 1.29 is 4.79 Å². The lowest BCUT2D eigenvalue weighted by molar-refractivity contribution is 0.563. The van der Waals surface area contributed by atoms with Crippen LogP contribution >= 0.6 is 46.4 Å². The van der Waals surface area contributed by atoms with E-state index in [0.717, 1.165) is 0 Å². The summed E-state index contributed by atoms with van der Waals surface area (Å²) in [5, 5.41) is -0.184. The van der Waals surface area contributed by atoms with Gasteiger partial charge < -0.3 is 0 Å². The van der Waals surface area contributed by atoms with E-state index in [1.54, 1.807) is 24.3 Å². The van der Waals surface area contributed by atoms with Crippen molar-refractivity contribution in [3.8, 4) is 0 Å². The molecular formula is C11H5Cl4O. The van der Waals surface area contributed by atoms with Crippen LogP contribution in [0.25, 0.3) is 5.03 Å². The second kappa shape index (κ2) is 6.31. The predicted molar refractivity (Wildman–Crippen MR) is 69.5 cm³/mol. The molecule has 0 spiro atoms.